The van der Waals surface area contributed by atoms with E-state index in [-0.39, 0.29) is 17.4 Å². The van der Waals surface area contributed by atoms with Gasteiger partial charge in [-0.3, -0.25) is 20.2 Å². The fraction of sp³-hybridized carbons (Fsp3) is 0.429. The number of H-pyrrole nitrogens is 1. The molecule has 1 aromatic carbocycles. The summed E-state index contributed by atoms with van der Waals surface area (Å²) in [7, 11) is 1.65. The van der Waals surface area contributed by atoms with Crippen molar-refractivity contribution in [3.63, 3.8) is 0 Å². The number of hydrogen-bond donors (Lipinski definition) is 4. The Balaban J connectivity index is 1.70. The molecule has 1 aromatic heterocycles. The van der Waals surface area contributed by atoms with Crippen LogP contribution >= 0.6 is 0 Å². The molecule has 1 saturated carbocycles. The minimum absolute atomic E-state index is 0.132. The average Bonchev–Trinajstić information content (AvgIpc) is 3.20. The van der Waals surface area contributed by atoms with Crippen molar-refractivity contribution in [3.05, 3.63) is 53.3 Å². The van der Waals surface area contributed by atoms with Gasteiger partial charge < -0.3 is 10.6 Å². The van der Waals surface area contributed by atoms with Crippen molar-refractivity contribution >= 4 is 11.9 Å². The molecule has 0 unspecified atom stereocenters. The van der Waals surface area contributed by atoms with E-state index in [1.807, 2.05) is 31.3 Å². The molecular weight excluding hydrogens is 366 g/mol. The Hall–Kier alpha value is -3.34. The number of aromatic nitrogens is 2. The number of amides is 1. The summed E-state index contributed by atoms with van der Waals surface area (Å²) >= 11 is 0. The molecule has 0 aliphatic heterocycles. The first-order chi connectivity index (χ1) is 14.1. The molecule has 0 atom stereocenters. The zero-order valence-corrected chi connectivity index (χ0v) is 16.8. The van der Waals surface area contributed by atoms with Crippen LogP contribution in [0.25, 0.3) is 0 Å². The third-order valence-corrected chi connectivity index (χ3v) is 5.59. The van der Waals surface area contributed by atoms with E-state index >= 15 is 0 Å². The van der Waals surface area contributed by atoms with Crippen LogP contribution in [0.5, 0.6) is 0 Å². The number of nitrogens with zero attached hydrogens (tertiary/aromatic N) is 3. The number of hydrogen-bond acceptors (Lipinski definition) is 4. The maximum atomic E-state index is 12.5. The van der Waals surface area contributed by atoms with E-state index < -0.39 is 0 Å². The Morgan fingerprint density at radius 2 is 2.07 bits per heavy atom. The third-order valence-electron chi connectivity index (χ3n) is 5.59. The minimum atomic E-state index is -0.163. The van der Waals surface area contributed by atoms with Gasteiger partial charge in [0.05, 0.1) is 0 Å². The van der Waals surface area contributed by atoms with Gasteiger partial charge in [0.25, 0.3) is 5.91 Å². The highest BCUT2D eigenvalue weighted by molar-refractivity contribution is 5.92. The second kappa shape index (κ2) is 9.24. The van der Waals surface area contributed by atoms with Crippen molar-refractivity contribution in [1.82, 2.24) is 26.1 Å². The second-order valence-electron chi connectivity index (χ2n) is 7.49. The summed E-state index contributed by atoms with van der Waals surface area (Å²) in [6.45, 7) is 2.43. The number of aryl methyl sites for hydroxylation is 1. The molecule has 3 rings (SSSR count). The summed E-state index contributed by atoms with van der Waals surface area (Å²) in [5.74, 6) is 0.329. The van der Waals surface area contributed by atoms with Crippen molar-refractivity contribution in [2.45, 2.75) is 44.1 Å². The van der Waals surface area contributed by atoms with Gasteiger partial charge in [0.2, 0.25) is 5.96 Å². The zero-order chi connectivity index (χ0) is 20.7. The molecule has 1 aliphatic rings. The van der Waals surface area contributed by atoms with Crippen LogP contribution in [0, 0.1) is 18.4 Å². The molecular formula is C21H27N7O. The molecule has 8 heteroatoms. The number of rotatable bonds is 5. The summed E-state index contributed by atoms with van der Waals surface area (Å²) in [4.78, 5) is 16.6. The van der Waals surface area contributed by atoms with E-state index in [0.717, 1.165) is 31.4 Å². The first-order valence-electron chi connectivity index (χ1n) is 9.80. The lowest BCUT2D eigenvalue weighted by molar-refractivity contribution is 0.0930. The predicted molar refractivity (Wildman–Crippen MR) is 111 cm³/mol. The summed E-state index contributed by atoms with van der Waals surface area (Å²) < 4.78 is 0. The molecule has 29 heavy (non-hydrogen) atoms. The molecule has 0 saturated heterocycles. The number of benzene rings is 1. The van der Waals surface area contributed by atoms with E-state index in [2.05, 4.69) is 43.3 Å². The number of carbonyl (C=O) groups excluding carboxylic acids is 1. The second-order valence-corrected chi connectivity index (χ2v) is 7.49. The molecule has 152 valence electrons. The van der Waals surface area contributed by atoms with E-state index in [1.54, 1.807) is 13.1 Å². The first-order valence-corrected chi connectivity index (χ1v) is 9.80. The number of carbonyl (C=O) groups is 1. The molecule has 1 heterocycles. The van der Waals surface area contributed by atoms with Crippen molar-refractivity contribution < 1.29 is 4.79 Å². The molecule has 8 nitrogen and oxygen atoms in total. The SMILES string of the molecule is CN=C(NC#N)NC1CCC(CNC(=O)c2cc(C)[nH]n2)(c2ccccc2)CC1. The lowest BCUT2D eigenvalue weighted by Crippen LogP contribution is -2.49. The Kier molecular flexibility index (Phi) is 6.50. The topological polar surface area (TPSA) is 118 Å². The normalized spacial score (nSPS) is 21.8. The highest BCUT2D eigenvalue weighted by Gasteiger charge is 2.37. The van der Waals surface area contributed by atoms with Crippen LogP contribution in [0.4, 0.5) is 0 Å². The highest BCUT2D eigenvalue weighted by atomic mass is 16.1. The minimum Gasteiger partial charge on any atom is -0.353 e. The van der Waals surface area contributed by atoms with Crippen LogP contribution in [0.1, 0.15) is 47.4 Å². The fourth-order valence-electron chi connectivity index (χ4n) is 3.95. The molecule has 1 aliphatic carbocycles. The largest absolute Gasteiger partial charge is 0.353 e. The number of aliphatic imine (C=N–C) groups is 1. The van der Waals surface area contributed by atoms with Crippen LogP contribution in [0.2, 0.25) is 0 Å². The fourth-order valence-corrected chi connectivity index (χ4v) is 3.95. The van der Waals surface area contributed by atoms with Crippen molar-refractivity contribution in [1.29, 1.82) is 5.26 Å². The number of aromatic amines is 1. The van der Waals surface area contributed by atoms with Gasteiger partial charge in [0.15, 0.2) is 6.19 Å². The van der Waals surface area contributed by atoms with Gasteiger partial charge in [-0.15, -0.1) is 0 Å². The average molecular weight is 393 g/mol. The number of guanidine groups is 1. The highest BCUT2D eigenvalue weighted by Crippen LogP contribution is 2.39. The van der Waals surface area contributed by atoms with Crippen LogP contribution in [-0.4, -0.2) is 41.7 Å². The maximum Gasteiger partial charge on any atom is 0.271 e. The number of nitriles is 1. The van der Waals surface area contributed by atoms with Crippen LogP contribution in [-0.2, 0) is 5.41 Å². The Morgan fingerprint density at radius 1 is 1.34 bits per heavy atom. The van der Waals surface area contributed by atoms with E-state index in [4.69, 9.17) is 5.26 Å². The Morgan fingerprint density at radius 3 is 2.66 bits per heavy atom. The molecule has 1 amide bonds. The summed E-state index contributed by atoms with van der Waals surface area (Å²) in [5, 5.41) is 24.6. The van der Waals surface area contributed by atoms with Crippen LogP contribution in [0.3, 0.4) is 0 Å². The monoisotopic (exact) mass is 393 g/mol. The van der Waals surface area contributed by atoms with Crippen LogP contribution in [0.15, 0.2) is 41.4 Å². The van der Waals surface area contributed by atoms with E-state index in [0.29, 0.717) is 18.2 Å². The molecule has 1 fully saturated rings. The Bertz CT molecular complexity index is 889. The van der Waals surface area contributed by atoms with Gasteiger partial charge in [0.1, 0.15) is 5.69 Å². The van der Waals surface area contributed by atoms with Gasteiger partial charge in [0, 0.05) is 30.7 Å². The zero-order valence-electron chi connectivity index (χ0n) is 16.8. The Labute approximate surface area is 170 Å². The van der Waals surface area contributed by atoms with Gasteiger partial charge >= 0.3 is 0 Å². The molecule has 2 aromatic rings. The predicted octanol–water partition coefficient (Wildman–Crippen LogP) is 1.97. The smallest absolute Gasteiger partial charge is 0.271 e. The summed E-state index contributed by atoms with van der Waals surface area (Å²) in [6, 6.07) is 12.3. The lowest BCUT2D eigenvalue weighted by atomic mass is 9.68. The van der Waals surface area contributed by atoms with Crippen molar-refractivity contribution in [2.75, 3.05) is 13.6 Å². The standard InChI is InChI=1S/C21H27N7O/c1-15-12-18(28-27-15)19(29)24-13-21(16-6-4-3-5-7-16)10-8-17(9-11-21)26-20(23-2)25-14-22/h3-7,12,17H,8-11,13H2,1-2H3,(H,24,29)(H,27,28)(H2,23,25,26). The van der Waals surface area contributed by atoms with Gasteiger partial charge in [-0.1, -0.05) is 30.3 Å². The van der Waals surface area contributed by atoms with Crippen molar-refractivity contribution in [2.24, 2.45) is 4.99 Å². The summed E-state index contributed by atoms with van der Waals surface area (Å²) in [5.41, 5.74) is 2.37. The molecule has 0 bridgehead atoms. The summed E-state index contributed by atoms with van der Waals surface area (Å²) in [6.07, 6.45) is 5.56. The molecule has 4 N–H and O–H groups in total. The van der Waals surface area contributed by atoms with E-state index in [1.165, 1.54) is 5.56 Å². The molecule has 0 spiro atoms. The van der Waals surface area contributed by atoms with E-state index in [9.17, 15) is 4.79 Å². The van der Waals surface area contributed by atoms with Crippen LogP contribution < -0.4 is 16.0 Å². The number of nitrogens with one attached hydrogen (secondary N) is 4. The van der Waals surface area contributed by atoms with Gasteiger partial charge in [-0.25, -0.2) is 0 Å². The van der Waals surface area contributed by atoms with Crippen molar-refractivity contribution in [3.8, 4) is 6.19 Å². The lowest BCUT2D eigenvalue weighted by Gasteiger charge is -2.41. The quantitative estimate of drug-likeness (QED) is 0.268. The maximum absolute atomic E-state index is 12.5. The molecule has 0 radical (unpaired) electrons. The van der Waals surface area contributed by atoms with Gasteiger partial charge in [-0.2, -0.15) is 10.4 Å². The van der Waals surface area contributed by atoms with Gasteiger partial charge in [-0.05, 0) is 44.2 Å². The first kappa shape index (κ1) is 20.4. The third kappa shape index (κ3) is 4.93.